The summed E-state index contributed by atoms with van der Waals surface area (Å²) < 4.78 is 1.62. The van der Waals surface area contributed by atoms with E-state index in [4.69, 9.17) is 0 Å². The lowest BCUT2D eigenvalue weighted by Crippen LogP contribution is -2.28. The number of hydrogen-bond acceptors (Lipinski definition) is 4. The number of aromatic nitrogens is 2. The van der Waals surface area contributed by atoms with Crippen LogP contribution in [0.3, 0.4) is 0 Å². The minimum atomic E-state index is -0.345. The molecule has 2 amide bonds. The van der Waals surface area contributed by atoms with Crippen molar-refractivity contribution in [2.75, 3.05) is 33.7 Å². The van der Waals surface area contributed by atoms with Crippen molar-refractivity contribution < 1.29 is 9.59 Å². The van der Waals surface area contributed by atoms with Gasteiger partial charge in [-0.25, -0.2) is 4.98 Å². The van der Waals surface area contributed by atoms with Gasteiger partial charge in [0.25, 0.3) is 11.8 Å². The van der Waals surface area contributed by atoms with Crippen LogP contribution >= 0.6 is 0 Å². The first-order chi connectivity index (χ1) is 11.5. The van der Waals surface area contributed by atoms with Crippen LogP contribution in [-0.4, -0.2) is 59.8 Å². The number of nitrogens with one attached hydrogen (secondary N) is 2. The molecular formula is C17H23N5O2. The maximum Gasteiger partial charge on any atom is 0.287 e. The first kappa shape index (κ1) is 17.7. The normalized spacial score (nSPS) is 10.8. The van der Waals surface area contributed by atoms with E-state index in [0.717, 1.165) is 13.0 Å². The molecule has 2 heterocycles. The topological polar surface area (TPSA) is 78.7 Å². The molecule has 2 aromatic heterocycles. The van der Waals surface area contributed by atoms with Gasteiger partial charge in [-0.2, -0.15) is 0 Å². The Morgan fingerprint density at radius 1 is 1.29 bits per heavy atom. The number of carbonyl (C=O) groups is 2. The Bertz CT molecular complexity index is 736. The second-order valence-electron chi connectivity index (χ2n) is 5.65. The average Bonchev–Trinajstić information content (AvgIpc) is 2.96. The predicted molar refractivity (Wildman–Crippen MR) is 93.2 cm³/mol. The summed E-state index contributed by atoms with van der Waals surface area (Å²) in [5.41, 5.74) is 0.857. The zero-order valence-electron chi connectivity index (χ0n) is 14.1. The molecule has 128 valence electrons. The Morgan fingerprint density at radius 2 is 2.08 bits per heavy atom. The van der Waals surface area contributed by atoms with Crippen molar-refractivity contribution in [3.8, 4) is 0 Å². The molecule has 0 aliphatic heterocycles. The lowest BCUT2D eigenvalue weighted by atomic mass is 10.3. The minimum absolute atomic E-state index is 0.186. The van der Waals surface area contributed by atoms with Crippen LogP contribution in [0.2, 0.25) is 0 Å². The third-order valence-electron chi connectivity index (χ3n) is 3.44. The Balaban J connectivity index is 2.19. The Morgan fingerprint density at radius 3 is 2.79 bits per heavy atom. The van der Waals surface area contributed by atoms with Gasteiger partial charge in [-0.15, -0.1) is 6.58 Å². The standard InChI is InChI=1S/C17H23N5O2/c1-4-9-18-17(24)15-20-14(13-8-5-6-12-22(13)15)16(23)19-10-7-11-21(2)3/h4-6,8,12H,1,7,9-11H2,2-3H3,(H,18,24)(H,19,23). The van der Waals surface area contributed by atoms with Gasteiger partial charge in [0.1, 0.15) is 0 Å². The van der Waals surface area contributed by atoms with Gasteiger partial charge < -0.3 is 15.5 Å². The van der Waals surface area contributed by atoms with Gasteiger partial charge >= 0.3 is 0 Å². The van der Waals surface area contributed by atoms with Gasteiger partial charge in [-0.1, -0.05) is 12.1 Å². The van der Waals surface area contributed by atoms with Gasteiger partial charge in [-0.3, -0.25) is 14.0 Å². The lowest BCUT2D eigenvalue weighted by molar-refractivity contribution is 0.0946. The maximum absolute atomic E-state index is 12.4. The molecular weight excluding hydrogens is 306 g/mol. The van der Waals surface area contributed by atoms with E-state index in [1.54, 1.807) is 28.8 Å². The third kappa shape index (κ3) is 4.20. The van der Waals surface area contributed by atoms with E-state index in [2.05, 4.69) is 27.1 Å². The second kappa shape index (κ2) is 8.26. The first-order valence-electron chi connectivity index (χ1n) is 7.83. The van der Waals surface area contributed by atoms with Gasteiger partial charge in [-0.05, 0) is 39.2 Å². The molecule has 0 saturated carbocycles. The molecule has 0 atom stereocenters. The van der Waals surface area contributed by atoms with Crippen molar-refractivity contribution in [1.29, 1.82) is 0 Å². The van der Waals surface area contributed by atoms with Crippen LogP contribution in [0.1, 0.15) is 27.5 Å². The Kier molecular flexibility index (Phi) is 6.08. The number of pyridine rings is 1. The molecule has 0 bridgehead atoms. The molecule has 0 saturated heterocycles. The third-order valence-corrected chi connectivity index (χ3v) is 3.44. The summed E-state index contributed by atoms with van der Waals surface area (Å²) in [5.74, 6) is -0.436. The smallest absolute Gasteiger partial charge is 0.287 e. The van der Waals surface area contributed by atoms with E-state index in [1.807, 2.05) is 20.2 Å². The van der Waals surface area contributed by atoms with Crippen LogP contribution in [0.4, 0.5) is 0 Å². The number of imidazole rings is 1. The summed E-state index contributed by atoms with van der Waals surface area (Å²) in [6.45, 7) is 5.35. The molecule has 2 rings (SSSR count). The number of amides is 2. The van der Waals surface area contributed by atoms with Crippen molar-refractivity contribution in [3.63, 3.8) is 0 Å². The number of fused-ring (bicyclic) bond motifs is 1. The molecule has 7 heteroatoms. The maximum atomic E-state index is 12.4. The van der Waals surface area contributed by atoms with Crippen molar-refractivity contribution in [2.45, 2.75) is 6.42 Å². The molecule has 0 fully saturated rings. The quantitative estimate of drug-likeness (QED) is 0.558. The highest BCUT2D eigenvalue weighted by Crippen LogP contribution is 2.13. The van der Waals surface area contributed by atoms with Crippen LogP contribution in [0, 0.1) is 0 Å². The zero-order valence-corrected chi connectivity index (χ0v) is 14.1. The Labute approximate surface area is 141 Å². The molecule has 0 unspecified atom stereocenters. The van der Waals surface area contributed by atoms with Gasteiger partial charge in [0.15, 0.2) is 5.69 Å². The first-order valence-corrected chi connectivity index (χ1v) is 7.83. The van der Waals surface area contributed by atoms with E-state index in [9.17, 15) is 9.59 Å². The fourth-order valence-electron chi connectivity index (χ4n) is 2.29. The molecule has 0 aliphatic carbocycles. The van der Waals surface area contributed by atoms with Crippen LogP contribution in [0.25, 0.3) is 5.52 Å². The van der Waals surface area contributed by atoms with E-state index < -0.39 is 0 Å². The highest BCUT2D eigenvalue weighted by atomic mass is 16.2. The molecule has 0 aromatic carbocycles. The fraction of sp³-hybridized carbons (Fsp3) is 0.353. The monoisotopic (exact) mass is 329 g/mol. The molecule has 0 spiro atoms. The van der Waals surface area contributed by atoms with E-state index >= 15 is 0 Å². The SMILES string of the molecule is C=CCNC(=O)c1nc(C(=O)NCCCN(C)C)c2ccccn12. The average molecular weight is 329 g/mol. The van der Waals surface area contributed by atoms with Crippen LogP contribution in [0.5, 0.6) is 0 Å². The summed E-state index contributed by atoms with van der Waals surface area (Å²) in [6, 6.07) is 5.37. The largest absolute Gasteiger partial charge is 0.351 e. The summed E-state index contributed by atoms with van der Waals surface area (Å²) >= 11 is 0. The predicted octanol–water partition coefficient (Wildman–Crippen LogP) is 0.932. The summed E-state index contributed by atoms with van der Waals surface area (Å²) in [6.07, 6.45) is 4.15. The zero-order chi connectivity index (χ0) is 17.5. The minimum Gasteiger partial charge on any atom is -0.351 e. The second-order valence-corrected chi connectivity index (χ2v) is 5.65. The molecule has 2 aromatic rings. The van der Waals surface area contributed by atoms with E-state index in [1.165, 1.54) is 0 Å². The summed E-state index contributed by atoms with van der Waals surface area (Å²) in [7, 11) is 3.97. The van der Waals surface area contributed by atoms with E-state index in [-0.39, 0.29) is 23.3 Å². The highest BCUT2D eigenvalue weighted by molar-refractivity contribution is 6.02. The van der Waals surface area contributed by atoms with Crippen LogP contribution < -0.4 is 10.6 Å². The van der Waals surface area contributed by atoms with E-state index in [0.29, 0.717) is 18.6 Å². The molecule has 0 radical (unpaired) electrons. The molecule has 7 nitrogen and oxygen atoms in total. The van der Waals surface area contributed by atoms with Crippen molar-refractivity contribution in [3.05, 3.63) is 48.6 Å². The van der Waals surface area contributed by atoms with Crippen molar-refractivity contribution in [2.24, 2.45) is 0 Å². The highest BCUT2D eigenvalue weighted by Gasteiger charge is 2.20. The molecule has 0 aliphatic rings. The Hall–Kier alpha value is -2.67. The lowest BCUT2D eigenvalue weighted by Gasteiger charge is -2.09. The summed E-state index contributed by atoms with van der Waals surface area (Å²) in [4.78, 5) is 30.9. The number of hydrogen-bond donors (Lipinski definition) is 2. The fourth-order valence-corrected chi connectivity index (χ4v) is 2.29. The number of rotatable bonds is 8. The van der Waals surface area contributed by atoms with Crippen LogP contribution in [0.15, 0.2) is 37.1 Å². The summed E-state index contributed by atoms with van der Waals surface area (Å²) in [5, 5.41) is 5.53. The number of carbonyl (C=O) groups excluding carboxylic acids is 2. The number of nitrogens with zero attached hydrogens (tertiary/aromatic N) is 3. The van der Waals surface area contributed by atoms with Crippen molar-refractivity contribution in [1.82, 2.24) is 24.9 Å². The van der Waals surface area contributed by atoms with Crippen molar-refractivity contribution >= 4 is 17.3 Å². The van der Waals surface area contributed by atoms with Crippen LogP contribution in [-0.2, 0) is 0 Å². The molecule has 2 N–H and O–H groups in total. The van der Waals surface area contributed by atoms with Gasteiger partial charge in [0, 0.05) is 19.3 Å². The van der Waals surface area contributed by atoms with Gasteiger partial charge in [0.05, 0.1) is 5.52 Å². The molecule has 24 heavy (non-hydrogen) atoms. The van der Waals surface area contributed by atoms with Gasteiger partial charge in [0.2, 0.25) is 5.82 Å².